The zero-order chi connectivity index (χ0) is 14.6. The fourth-order valence-electron chi connectivity index (χ4n) is 4.54. The van der Waals surface area contributed by atoms with Crippen LogP contribution in [0.5, 0.6) is 11.5 Å². The molecule has 1 spiro atoms. The van der Waals surface area contributed by atoms with Crippen LogP contribution in [0.25, 0.3) is 0 Å². The van der Waals surface area contributed by atoms with Crippen molar-refractivity contribution in [2.45, 2.75) is 49.8 Å². The second-order valence-electron chi connectivity index (χ2n) is 6.92. The average molecular weight is 288 g/mol. The molecule has 0 bridgehead atoms. The number of ether oxygens (including phenoxy) is 2. The molecule has 0 radical (unpaired) electrons. The predicted molar refractivity (Wildman–Crippen MR) is 81.9 cm³/mol. The molecular weight excluding hydrogens is 264 g/mol. The SMILES string of the molecule is COc1ccc2c3c1O[C@H]1C[C@@H](N)CC[C@]31CCN(C)C2. The number of hydrogen-bond acceptors (Lipinski definition) is 4. The molecule has 2 N–H and O–H groups in total. The first-order chi connectivity index (χ1) is 10.1. The lowest BCUT2D eigenvalue weighted by Crippen LogP contribution is -2.48. The van der Waals surface area contributed by atoms with Crippen LogP contribution < -0.4 is 15.2 Å². The third-order valence-electron chi connectivity index (χ3n) is 5.66. The largest absolute Gasteiger partial charge is 0.493 e. The second kappa shape index (κ2) is 4.62. The number of nitrogens with zero attached hydrogens (tertiary/aromatic N) is 1. The maximum Gasteiger partial charge on any atom is 0.165 e. The highest BCUT2D eigenvalue weighted by Crippen LogP contribution is 2.57. The Balaban J connectivity index is 1.90. The van der Waals surface area contributed by atoms with Gasteiger partial charge in [0, 0.05) is 30.0 Å². The first-order valence-corrected chi connectivity index (χ1v) is 7.95. The highest BCUT2D eigenvalue weighted by atomic mass is 16.5. The monoisotopic (exact) mass is 288 g/mol. The van der Waals surface area contributed by atoms with E-state index in [1.807, 2.05) is 0 Å². The van der Waals surface area contributed by atoms with Crippen molar-refractivity contribution in [1.82, 2.24) is 4.90 Å². The topological polar surface area (TPSA) is 47.7 Å². The molecule has 1 aromatic carbocycles. The van der Waals surface area contributed by atoms with Crippen molar-refractivity contribution in [2.24, 2.45) is 5.73 Å². The quantitative estimate of drug-likeness (QED) is 0.859. The molecule has 114 valence electrons. The molecule has 2 aliphatic heterocycles. The average Bonchev–Trinajstić information content (AvgIpc) is 2.72. The Hall–Kier alpha value is -1.26. The van der Waals surface area contributed by atoms with E-state index in [1.54, 1.807) is 7.11 Å². The number of benzene rings is 1. The number of methoxy groups -OCH3 is 1. The highest BCUT2D eigenvalue weighted by molar-refractivity contribution is 5.58. The van der Waals surface area contributed by atoms with Gasteiger partial charge in [-0.05, 0) is 44.5 Å². The maximum absolute atomic E-state index is 6.39. The van der Waals surface area contributed by atoms with Gasteiger partial charge in [-0.25, -0.2) is 0 Å². The van der Waals surface area contributed by atoms with Crippen molar-refractivity contribution in [3.05, 3.63) is 23.3 Å². The predicted octanol–water partition coefficient (Wildman–Crippen LogP) is 2.04. The first-order valence-electron chi connectivity index (χ1n) is 7.95. The standard InChI is InChI=1S/C17H24N2O2/c1-19-8-7-17-6-5-12(18)9-14(17)21-16-13(20-2)4-3-11(10-19)15(16)17/h3-4,12,14H,5-10,18H2,1-2H3/t12-,14-,17+/m0/s1. The van der Waals surface area contributed by atoms with Gasteiger partial charge in [0.1, 0.15) is 6.10 Å². The van der Waals surface area contributed by atoms with Gasteiger partial charge in [0.2, 0.25) is 0 Å². The summed E-state index contributed by atoms with van der Waals surface area (Å²) in [4.78, 5) is 2.42. The zero-order valence-electron chi connectivity index (χ0n) is 12.9. The van der Waals surface area contributed by atoms with E-state index in [-0.39, 0.29) is 17.6 Å². The third-order valence-corrected chi connectivity index (χ3v) is 5.66. The zero-order valence-corrected chi connectivity index (χ0v) is 12.9. The summed E-state index contributed by atoms with van der Waals surface area (Å²) in [7, 11) is 3.93. The summed E-state index contributed by atoms with van der Waals surface area (Å²) in [6.45, 7) is 2.11. The summed E-state index contributed by atoms with van der Waals surface area (Å²) in [5, 5.41) is 0. The van der Waals surface area contributed by atoms with Gasteiger partial charge in [-0.2, -0.15) is 0 Å². The molecule has 1 saturated carbocycles. The van der Waals surface area contributed by atoms with Crippen LogP contribution in [0, 0.1) is 0 Å². The molecule has 0 amide bonds. The van der Waals surface area contributed by atoms with E-state index >= 15 is 0 Å². The molecular formula is C17H24N2O2. The van der Waals surface area contributed by atoms with E-state index in [9.17, 15) is 0 Å². The Morgan fingerprint density at radius 2 is 2.24 bits per heavy atom. The Kier molecular flexibility index (Phi) is 2.95. The van der Waals surface area contributed by atoms with Gasteiger partial charge in [0.15, 0.2) is 11.5 Å². The fraction of sp³-hybridized carbons (Fsp3) is 0.647. The molecule has 4 heteroatoms. The van der Waals surface area contributed by atoms with E-state index < -0.39 is 0 Å². The highest BCUT2D eigenvalue weighted by Gasteiger charge is 2.54. The van der Waals surface area contributed by atoms with E-state index in [1.165, 1.54) is 11.1 Å². The van der Waals surface area contributed by atoms with Crippen LogP contribution >= 0.6 is 0 Å². The molecule has 0 unspecified atom stereocenters. The van der Waals surface area contributed by atoms with Gasteiger partial charge in [-0.3, -0.25) is 0 Å². The van der Waals surface area contributed by atoms with Crippen molar-refractivity contribution < 1.29 is 9.47 Å². The summed E-state index contributed by atoms with van der Waals surface area (Å²) in [6.07, 6.45) is 4.58. The van der Waals surface area contributed by atoms with Gasteiger partial charge in [0.05, 0.1) is 7.11 Å². The fourth-order valence-corrected chi connectivity index (χ4v) is 4.54. The van der Waals surface area contributed by atoms with Crippen LogP contribution in [-0.4, -0.2) is 37.7 Å². The van der Waals surface area contributed by atoms with Gasteiger partial charge >= 0.3 is 0 Å². The van der Waals surface area contributed by atoms with Crippen molar-refractivity contribution in [1.29, 1.82) is 0 Å². The number of nitrogens with two attached hydrogens (primary N) is 1. The van der Waals surface area contributed by atoms with Crippen LogP contribution in [0.2, 0.25) is 0 Å². The summed E-state index contributed by atoms with van der Waals surface area (Å²) >= 11 is 0. The smallest absolute Gasteiger partial charge is 0.165 e. The van der Waals surface area contributed by atoms with Crippen LogP contribution in [-0.2, 0) is 12.0 Å². The molecule has 1 aliphatic carbocycles. The molecule has 0 aromatic heterocycles. The minimum atomic E-state index is 0.153. The lowest BCUT2D eigenvalue weighted by Gasteiger charge is -2.40. The first kappa shape index (κ1) is 13.4. The summed E-state index contributed by atoms with van der Waals surface area (Å²) in [6, 6.07) is 4.55. The van der Waals surface area contributed by atoms with E-state index in [0.29, 0.717) is 0 Å². The van der Waals surface area contributed by atoms with E-state index in [0.717, 1.165) is 50.3 Å². The lowest BCUT2D eigenvalue weighted by atomic mass is 9.65. The molecule has 1 aromatic rings. The van der Waals surface area contributed by atoms with Crippen molar-refractivity contribution in [2.75, 3.05) is 20.7 Å². The van der Waals surface area contributed by atoms with Crippen LogP contribution in [0.1, 0.15) is 36.8 Å². The number of rotatable bonds is 1. The molecule has 0 saturated heterocycles. The van der Waals surface area contributed by atoms with Crippen LogP contribution in [0.3, 0.4) is 0 Å². The molecule has 3 atom stereocenters. The van der Waals surface area contributed by atoms with Gasteiger partial charge in [-0.15, -0.1) is 0 Å². The lowest BCUT2D eigenvalue weighted by molar-refractivity contribution is 0.0781. The molecule has 1 fully saturated rings. The van der Waals surface area contributed by atoms with Crippen molar-refractivity contribution in [3.8, 4) is 11.5 Å². The van der Waals surface area contributed by atoms with Crippen molar-refractivity contribution >= 4 is 0 Å². The maximum atomic E-state index is 6.39. The van der Waals surface area contributed by atoms with Crippen LogP contribution in [0.15, 0.2) is 12.1 Å². The Morgan fingerprint density at radius 1 is 1.38 bits per heavy atom. The minimum absolute atomic E-state index is 0.153. The summed E-state index contributed by atoms with van der Waals surface area (Å²) < 4.78 is 11.9. The summed E-state index contributed by atoms with van der Waals surface area (Å²) in [5.74, 6) is 1.87. The molecule has 4 nitrogen and oxygen atoms in total. The molecule has 3 aliphatic rings. The number of hydrogen-bond donors (Lipinski definition) is 1. The molecule has 21 heavy (non-hydrogen) atoms. The Labute approximate surface area is 126 Å². The second-order valence-corrected chi connectivity index (χ2v) is 6.92. The van der Waals surface area contributed by atoms with Gasteiger partial charge in [-0.1, -0.05) is 6.07 Å². The van der Waals surface area contributed by atoms with Gasteiger partial charge in [0.25, 0.3) is 0 Å². The Bertz CT molecular complexity index is 574. The summed E-state index contributed by atoms with van der Waals surface area (Å²) in [5.41, 5.74) is 9.19. The van der Waals surface area contributed by atoms with Gasteiger partial charge < -0.3 is 20.1 Å². The normalized spacial score (nSPS) is 34.6. The van der Waals surface area contributed by atoms with Crippen molar-refractivity contribution in [3.63, 3.8) is 0 Å². The molecule has 4 rings (SSSR count). The Morgan fingerprint density at radius 3 is 3.05 bits per heavy atom. The van der Waals surface area contributed by atoms with E-state index in [4.69, 9.17) is 15.2 Å². The van der Waals surface area contributed by atoms with E-state index in [2.05, 4.69) is 24.1 Å². The third kappa shape index (κ3) is 1.82. The van der Waals surface area contributed by atoms with Crippen LogP contribution in [0.4, 0.5) is 0 Å². The molecule has 2 heterocycles. The minimum Gasteiger partial charge on any atom is -0.493 e.